The molecule has 2 unspecified atom stereocenters. The van der Waals surface area contributed by atoms with E-state index < -0.39 is 0 Å². The molecule has 4 nitrogen and oxygen atoms in total. The summed E-state index contributed by atoms with van der Waals surface area (Å²) in [4.78, 5) is 10.8. The maximum atomic E-state index is 11.1. The Hall–Kier alpha value is -1.42. The molecule has 0 aromatic heterocycles. The van der Waals surface area contributed by atoms with Gasteiger partial charge in [-0.1, -0.05) is 44.9 Å². The lowest BCUT2D eigenvalue weighted by molar-refractivity contribution is -0.385. The predicted octanol–water partition coefficient (Wildman–Crippen LogP) is 3.68. The van der Waals surface area contributed by atoms with Gasteiger partial charge in [-0.3, -0.25) is 10.1 Å². The van der Waals surface area contributed by atoms with Crippen molar-refractivity contribution in [3.63, 3.8) is 0 Å². The molecule has 1 fully saturated rings. The van der Waals surface area contributed by atoms with E-state index in [1.54, 1.807) is 12.1 Å². The summed E-state index contributed by atoms with van der Waals surface area (Å²) in [7, 11) is 0. The number of nitrogens with zero attached hydrogens (tertiary/aromatic N) is 1. The molecular formula is C16H24N2O2. The van der Waals surface area contributed by atoms with Crippen LogP contribution >= 0.6 is 0 Å². The summed E-state index contributed by atoms with van der Waals surface area (Å²) in [5, 5.41) is 11.1. The molecular weight excluding hydrogens is 252 g/mol. The van der Waals surface area contributed by atoms with Crippen molar-refractivity contribution < 1.29 is 4.92 Å². The summed E-state index contributed by atoms with van der Waals surface area (Å²) in [6.45, 7) is 4.55. The summed E-state index contributed by atoms with van der Waals surface area (Å²) in [6, 6.07) is 6.94. The van der Waals surface area contributed by atoms with Gasteiger partial charge in [-0.2, -0.15) is 0 Å². The van der Waals surface area contributed by atoms with Crippen LogP contribution in [-0.2, 0) is 6.42 Å². The monoisotopic (exact) mass is 276 g/mol. The van der Waals surface area contributed by atoms with Crippen LogP contribution in [-0.4, -0.2) is 11.0 Å². The van der Waals surface area contributed by atoms with Gasteiger partial charge in [0, 0.05) is 17.7 Å². The Morgan fingerprint density at radius 3 is 2.75 bits per heavy atom. The van der Waals surface area contributed by atoms with Crippen molar-refractivity contribution in [1.29, 1.82) is 0 Å². The molecule has 0 aliphatic heterocycles. The van der Waals surface area contributed by atoms with Gasteiger partial charge in [0.25, 0.3) is 5.69 Å². The van der Waals surface area contributed by atoms with Crippen LogP contribution in [0.25, 0.3) is 0 Å². The first-order chi connectivity index (χ1) is 9.42. The van der Waals surface area contributed by atoms with Crippen LogP contribution < -0.4 is 5.73 Å². The van der Waals surface area contributed by atoms with Crippen molar-refractivity contribution in [3.05, 3.63) is 39.9 Å². The molecule has 0 amide bonds. The van der Waals surface area contributed by atoms with Crippen LogP contribution in [0, 0.1) is 21.4 Å². The fourth-order valence-electron chi connectivity index (χ4n) is 3.57. The maximum Gasteiger partial charge on any atom is 0.272 e. The van der Waals surface area contributed by atoms with E-state index >= 15 is 0 Å². The van der Waals surface area contributed by atoms with Gasteiger partial charge in [0.1, 0.15) is 0 Å². The molecule has 4 heteroatoms. The lowest BCUT2D eigenvalue weighted by Gasteiger charge is -2.42. The van der Waals surface area contributed by atoms with E-state index in [9.17, 15) is 10.1 Å². The molecule has 0 radical (unpaired) electrons. The van der Waals surface area contributed by atoms with E-state index in [0.717, 1.165) is 12.0 Å². The number of hydrogen-bond acceptors (Lipinski definition) is 3. The van der Waals surface area contributed by atoms with Crippen LogP contribution in [0.3, 0.4) is 0 Å². The second-order valence-corrected chi connectivity index (χ2v) is 6.59. The zero-order chi connectivity index (χ0) is 14.8. The molecule has 2 atom stereocenters. The molecule has 1 saturated carbocycles. The Balaban J connectivity index is 2.15. The molecule has 1 aromatic rings. The molecule has 1 aliphatic carbocycles. The van der Waals surface area contributed by atoms with Crippen molar-refractivity contribution in [2.45, 2.75) is 52.0 Å². The summed E-state index contributed by atoms with van der Waals surface area (Å²) >= 11 is 0. The van der Waals surface area contributed by atoms with Crippen molar-refractivity contribution in [3.8, 4) is 0 Å². The minimum atomic E-state index is -0.311. The lowest BCUT2D eigenvalue weighted by atomic mass is 9.65. The minimum Gasteiger partial charge on any atom is -0.327 e. The average Bonchev–Trinajstić information content (AvgIpc) is 2.38. The highest BCUT2D eigenvalue weighted by atomic mass is 16.6. The Labute approximate surface area is 120 Å². The highest BCUT2D eigenvalue weighted by Gasteiger charge is 2.36. The van der Waals surface area contributed by atoms with Gasteiger partial charge < -0.3 is 5.73 Å². The molecule has 0 spiro atoms. The minimum absolute atomic E-state index is 0.00796. The Kier molecular flexibility index (Phi) is 4.43. The van der Waals surface area contributed by atoms with E-state index in [4.69, 9.17) is 5.73 Å². The fourth-order valence-corrected chi connectivity index (χ4v) is 3.57. The predicted molar refractivity (Wildman–Crippen MR) is 80.5 cm³/mol. The first-order valence-electron chi connectivity index (χ1n) is 7.40. The third-order valence-electron chi connectivity index (χ3n) is 4.75. The third kappa shape index (κ3) is 3.18. The van der Waals surface area contributed by atoms with Crippen LogP contribution in [0.1, 0.15) is 45.1 Å². The second kappa shape index (κ2) is 5.92. The van der Waals surface area contributed by atoms with Crippen molar-refractivity contribution in [2.24, 2.45) is 17.1 Å². The number of benzene rings is 1. The van der Waals surface area contributed by atoms with E-state index in [1.807, 2.05) is 12.1 Å². The molecule has 0 bridgehead atoms. The molecule has 20 heavy (non-hydrogen) atoms. The molecule has 0 saturated heterocycles. The number of hydrogen-bond donors (Lipinski definition) is 1. The normalized spacial score (nSPS) is 23.2. The SMILES string of the molecule is CC1(C)CCCCC1C(N)Cc1ccccc1[N+](=O)[O-]. The average molecular weight is 276 g/mol. The summed E-state index contributed by atoms with van der Waals surface area (Å²) in [6.07, 6.45) is 5.41. The number of para-hydroxylation sites is 1. The fraction of sp³-hybridized carbons (Fsp3) is 0.625. The van der Waals surface area contributed by atoms with Gasteiger partial charge >= 0.3 is 0 Å². The largest absolute Gasteiger partial charge is 0.327 e. The number of nitrogens with two attached hydrogens (primary N) is 1. The standard InChI is InChI=1S/C16H24N2O2/c1-16(2)10-6-5-8-13(16)14(17)11-12-7-3-4-9-15(12)18(19)20/h3-4,7,9,13-14H,5-6,8,10-11,17H2,1-2H3. The van der Waals surface area contributed by atoms with Crippen molar-refractivity contribution >= 4 is 5.69 Å². The van der Waals surface area contributed by atoms with Crippen LogP contribution in [0.5, 0.6) is 0 Å². The molecule has 2 rings (SSSR count). The molecule has 0 heterocycles. The highest BCUT2D eigenvalue weighted by molar-refractivity contribution is 5.40. The number of nitro benzene ring substituents is 1. The lowest BCUT2D eigenvalue weighted by Crippen LogP contribution is -2.43. The van der Waals surface area contributed by atoms with Gasteiger partial charge in [-0.05, 0) is 30.6 Å². The van der Waals surface area contributed by atoms with Crippen LogP contribution in [0.4, 0.5) is 5.69 Å². The van der Waals surface area contributed by atoms with Crippen molar-refractivity contribution in [2.75, 3.05) is 0 Å². The number of nitro groups is 1. The quantitative estimate of drug-likeness (QED) is 0.673. The van der Waals surface area contributed by atoms with E-state index in [0.29, 0.717) is 12.3 Å². The van der Waals surface area contributed by atoms with Gasteiger partial charge in [0.2, 0.25) is 0 Å². The number of rotatable bonds is 4. The molecule has 1 aromatic carbocycles. The van der Waals surface area contributed by atoms with Gasteiger partial charge in [0.05, 0.1) is 4.92 Å². The Bertz CT molecular complexity index is 485. The van der Waals surface area contributed by atoms with Gasteiger partial charge in [-0.15, -0.1) is 0 Å². The molecule has 110 valence electrons. The topological polar surface area (TPSA) is 69.2 Å². The first kappa shape index (κ1) is 15.0. The summed E-state index contributed by atoms with van der Waals surface area (Å²) in [5.41, 5.74) is 7.59. The summed E-state index contributed by atoms with van der Waals surface area (Å²) in [5.74, 6) is 0.441. The second-order valence-electron chi connectivity index (χ2n) is 6.59. The smallest absolute Gasteiger partial charge is 0.272 e. The van der Waals surface area contributed by atoms with E-state index in [-0.39, 0.29) is 22.1 Å². The van der Waals surface area contributed by atoms with Gasteiger partial charge in [-0.25, -0.2) is 0 Å². The molecule has 1 aliphatic rings. The Morgan fingerprint density at radius 2 is 2.10 bits per heavy atom. The van der Waals surface area contributed by atoms with E-state index in [2.05, 4.69) is 13.8 Å². The van der Waals surface area contributed by atoms with Gasteiger partial charge in [0.15, 0.2) is 0 Å². The summed E-state index contributed by atoms with van der Waals surface area (Å²) < 4.78 is 0. The van der Waals surface area contributed by atoms with Crippen LogP contribution in [0.15, 0.2) is 24.3 Å². The van der Waals surface area contributed by atoms with Crippen LogP contribution in [0.2, 0.25) is 0 Å². The highest BCUT2D eigenvalue weighted by Crippen LogP contribution is 2.42. The molecule has 2 N–H and O–H groups in total. The van der Waals surface area contributed by atoms with Crippen molar-refractivity contribution in [1.82, 2.24) is 0 Å². The van der Waals surface area contributed by atoms with E-state index in [1.165, 1.54) is 19.3 Å². The first-order valence-corrected chi connectivity index (χ1v) is 7.40. The third-order valence-corrected chi connectivity index (χ3v) is 4.75. The maximum absolute atomic E-state index is 11.1. The Morgan fingerprint density at radius 1 is 1.40 bits per heavy atom. The zero-order valence-corrected chi connectivity index (χ0v) is 12.3. The zero-order valence-electron chi connectivity index (χ0n) is 12.3.